The van der Waals surface area contributed by atoms with Crippen molar-refractivity contribution in [1.29, 1.82) is 0 Å². The third-order valence-electron chi connectivity index (χ3n) is 4.15. The van der Waals surface area contributed by atoms with Gasteiger partial charge in [-0.1, -0.05) is 6.42 Å². The van der Waals surface area contributed by atoms with Crippen molar-refractivity contribution >= 4 is 31.5 Å². The highest BCUT2D eigenvalue weighted by Gasteiger charge is 2.36. The van der Waals surface area contributed by atoms with E-state index in [2.05, 4.69) is 0 Å². The van der Waals surface area contributed by atoms with Gasteiger partial charge in [0.1, 0.15) is 6.04 Å². The molecule has 134 valence electrons. The van der Waals surface area contributed by atoms with Gasteiger partial charge in [0, 0.05) is 25.5 Å². The second-order valence-corrected chi connectivity index (χ2v) is 10.00. The van der Waals surface area contributed by atoms with Crippen LogP contribution in [-0.2, 0) is 24.7 Å². The maximum atomic E-state index is 12.7. The molecule has 7 nitrogen and oxygen atoms in total. The SMILES string of the molecule is CN(C(=O)C1CCCCN1S(C)(=O)=O)c1ccc(S(C)(=O)=O)cc1. The fourth-order valence-corrected chi connectivity index (χ4v) is 4.57. The number of carbonyl (C=O) groups excluding carboxylic acids is 1. The summed E-state index contributed by atoms with van der Waals surface area (Å²) in [6.45, 7) is 0.343. The zero-order chi connectivity index (χ0) is 18.1. The maximum Gasteiger partial charge on any atom is 0.245 e. The molecular weight excluding hydrogens is 352 g/mol. The molecule has 0 radical (unpaired) electrons. The molecule has 0 bridgehead atoms. The van der Waals surface area contributed by atoms with Gasteiger partial charge in [0.2, 0.25) is 15.9 Å². The Morgan fingerprint density at radius 2 is 1.67 bits per heavy atom. The van der Waals surface area contributed by atoms with Crippen LogP contribution in [0.4, 0.5) is 5.69 Å². The van der Waals surface area contributed by atoms with Gasteiger partial charge in [-0.3, -0.25) is 4.79 Å². The zero-order valence-corrected chi connectivity index (χ0v) is 15.6. The Hall–Kier alpha value is -1.45. The first-order valence-corrected chi connectivity index (χ1v) is 11.3. The molecule has 0 saturated carbocycles. The van der Waals surface area contributed by atoms with Crippen molar-refractivity contribution in [2.24, 2.45) is 0 Å². The van der Waals surface area contributed by atoms with Crippen molar-refractivity contribution in [2.75, 3.05) is 31.0 Å². The second-order valence-electron chi connectivity index (χ2n) is 6.05. The van der Waals surface area contributed by atoms with E-state index in [1.54, 1.807) is 19.2 Å². The Morgan fingerprint density at radius 3 is 2.17 bits per heavy atom. The third-order valence-corrected chi connectivity index (χ3v) is 6.56. The number of carbonyl (C=O) groups is 1. The summed E-state index contributed by atoms with van der Waals surface area (Å²) in [5, 5.41) is 0. The Balaban J connectivity index is 2.25. The fourth-order valence-electron chi connectivity index (χ4n) is 2.82. The summed E-state index contributed by atoms with van der Waals surface area (Å²) in [5.74, 6) is -0.313. The minimum atomic E-state index is -3.46. The number of rotatable bonds is 4. The van der Waals surface area contributed by atoms with Crippen LogP contribution >= 0.6 is 0 Å². The van der Waals surface area contributed by atoms with Crippen molar-refractivity contribution in [3.8, 4) is 0 Å². The Bertz CT molecular complexity index is 816. The van der Waals surface area contributed by atoms with Crippen molar-refractivity contribution < 1.29 is 21.6 Å². The number of hydrogen-bond donors (Lipinski definition) is 0. The molecule has 2 rings (SSSR count). The van der Waals surface area contributed by atoms with E-state index in [-0.39, 0.29) is 10.8 Å². The van der Waals surface area contributed by atoms with E-state index in [9.17, 15) is 21.6 Å². The van der Waals surface area contributed by atoms with E-state index >= 15 is 0 Å². The van der Waals surface area contributed by atoms with Gasteiger partial charge in [0.25, 0.3) is 0 Å². The Labute approximate surface area is 143 Å². The minimum absolute atomic E-state index is 0.169. The molecule has 1 aromatic rings. The summed E-state index contributed by atoms with van der Waals surface area (Å²) in [4.78, 5) is 14.3. The number of amides is 1. The molecule has 9 heteroatoms. The van der Waals surface area contributed by atoms with E-state index in [0.29, 0.717) is 18.7 Å². The molecule has 1 atom stereocenters. The van der Waals surface area contributed by atoms with Crippen molar-refractivity contribution in [2.45, 2.75) is 30.2 Å². The van der Waals surface area contributed by atoms with E-state index in [4.69, 9.17) is 0 Å². The highest BCUT2D eigenvalue weighted by atomic mass is 32.2. The van der Waals surface area contributed by atoms with Crippen LogP contribution in [0.25, 0.3) is 0 Å². The molecule has 1 aliphatic rings. The van der Waals surface area contributed by atoms with Crippen LogP contribution in [0, 0.1) is 0 Å². The molecule has 1 unspecified atom stereocenters. The topological polar surface area (TPSA) is 91.8 Å². The number of benzene rings is 1. The largest absolute Gasteiger partial charge is 0.314 e. The van der Waals surface area contributed by atoms with Crippen LogP contribution in [0.3, 0.4) is 0 Å². The van der Waals surface area contributed by atoms with Crippen LogP contribution in [0.5, 0.6) is 0 Å². The van der Waals surface area contributed by atoms with Crippen LogP contribution in [0.15, 0.2) is 29.2 Å². The van der Waals surface area contributed by atoms with Gasteiger partial charge >= 0.3 is 0 Å². The summed E-state index contributed by atoms with van der Waals surface area (Å²) < 4.78 is 48.0. The summed E-state index contributed by atoms with van der Waals surface area (Å²) in [7, 11) is -5.20. The minimum Gasteiger partial charge on any atom is -0.314 e. The summed E-state index contributed by atoms with van der Waals surface area (Å²) in [6.07, 6.45) is 4.24. The second kappa shape index (κ2) is 6.81. The quantitative estimate of drug-likeness (QED) is 0.780. The highest BCUT2D eigenvalue weighted by molar-refractivity contribution is 7.90. The van der Waals surface area contributed by atoms with Crippen LogP contribution in [0.1, 0.15) is 19.3 Å². The molecule has 0 aromatic heterocycles. The lowest BCUT2D eigenvalue weighted by Crippen LogP contribution is -2.52. The van der Waals surface area contributed by atoms with E-state index in [1.807, 2.05) is 0 Å². The monoisotopic (exact) mass is 374 g/mol. The van der Waals surface area contributed by atoms with Crippen molar-refractivity contribution in [1.82, 2.24) is 4.31 Å². The molecule has 1 saturated heterocycles. The predicted octanol–water partition coefficient (Wildman–Crippen LogP) is 0.867. The number of sulfone groups is 1. The van der Waals surface area contributed by atoms with Gasteiger partial charge in [0.05, 0.1) is 11.2 Å². The van der Waals surface area contributed by atoms with Crippen LogP contribution in [-0.4, -0.2) is 59.2 Å². The van der Waals surface area contributed by atoms with E-state index in [0.717, 1.165) is 25.4 Å². The van der Waals surface area contributed by atoms with Gasteiger partial charge in [-0.05, 0) is 37.1 Å². The smallest absolute Gasteiger partial charge is 0.245 e. The van der Waals surface area contributed by atoms with Gasteiger partial charge in [0.15, 0.2) is 9.84 Å². The zero-order valence-electron chi connectivity index (χ0n) is 14.0. The normalized spacial score (nSPS) is 19.9. The van der Waals surface area contributed by atoms with Crippen LogP contribution < -0.4 is 4.90 Å². The standard InChI is InChI=1S/C15H22N2O5S2/c1-16(12-7-9-13(10-8-12)23(2,19)20)15(18)14-6-4-5-11-17(14)24(3,21)22/h7-10,14H,4-6,11H2,1-3H3. The number of nitrogens with zero attached hydrogens (tertiary/aromatic N) is 2. The molecule has 1 amide bonds. The average Bonchev–Trinajstić information content (AvgIpc) is 2.52. The van der Waals surface area contributed by atoms with Gasteiger partial charge < -0.3 is 4.90 Å². The molecule has 1 aliphatic heterocycles. The maximum absolute atomic E-state index is 12.7. The molecule has 1 fully saturated rings. The molecular formula is C15H22N2O5S2. The summed E-state index contributed by atoms with van der Waals surface area (Å²) in [5.41, 5.74) is 0.520. The van der Waals surface area contributed by atoms with Gasteiger partial charge in [-0.25, -0.2) is 16.8 Å². The number of sulfonamides is 1. The fraction of sp³-hybridized carbons (Fsp3) is 0.533. The number of likely N-dealkylation sites (N-methyl/N-ethyl adjacent to an activating group) is 1. The summed E-state index contributed by atoms with van der Waals surface area (Å²) in [6, 6.07) is 5.24. The molecule has 1 heterocycles. The molecule has 1 aromatic carbocycles. The molecule has 24 heavy (non-hydrogen) atoms. The molecule has 0 spiro atoms. The molecule has 0 N–H and O–H groups in total. The van der Waals surface area contributed by atoms with E-state index < -0.39 is 25.9 Å². The lowest BCUT2D eigenvalue weighted by molar-refractivity contribution is -0.122. The average molecular weight is 374 g/mol. The predicted molar refractivity (Wildman–Crippen MR) is 92.2 cm³/mol. The van der Waals surface area contributed by atoms with Crippen molar-refractivity contribution in [3.63, 3.8) is 0 Å². The number of hydrogen-bond acceptors (Lipinski definition) is 5. The lowest BCUT2D eigenvalue weighted by atomic mass is 10.0. The Morgan fingerprint density at radius 1 is 1.08 bits per heavy atom. The van der Waals surface area contributed by atoms with Crippen LogP contribution in [0.2, 0.25) is 0 Å². The lowest BCUT2D eigenvalue weighted by Gasteiger charge is -2.35. The van der Waals surface area contributed by atoms with Crippen molar-refractivity contribution in [3.05, 3.63) is 24.3 Å². The first-order valence-electron chi connectivity index (χ1n) is 7.56. The summed E-state index contributed by atoms with van der Waals surface area (Å²) >= 11 is 0. The highest BCUT2D eigenvalue weighted by Crippen LogP contribution is 2.24. The van der Waals surface area contributed by atoms with E-state index in [1.165, 1.54) is 21.3 Å². The Kier molecular flexibility index (Phi) is 5.36. The van der Waals surface area contributed by atoms with Gasteiger partial charge in [-0.15, -0.1) is 0 Å². The number of anilines is 1. The van der Waals surface area contributed by atoms with Gasteiger partial charge in [-0.2, -0.15) is 4.31 Å². The first kappa shape index (κ1) is 18.9. The first-order chi connectivity index (χ1) is 11.0. The molecule has 0 aliphatic carbocycles. The number of piperidine rings is 1. The third kappa shape index (κ3) is 4.14.